The third kappa shape index (κ3) is 6.18. The van der Waals surface area contributed by atoms with Gasteiger partial charge in [0.1, 0.15) is 6.04 Å². The fourth-order valence-electron chi connectivity index (χ4n) is 1.56. The molecule has 0 aliphatic rings. The Morgan fingerprint density at radius 2 is 2.04 bits per heavy atom. The van der Waals surface area contributed by atoms with Gasteiger partial charge in [-0.3, -0.25) is 9.59 Å². The molecule has 1 atom stereocenters. The van der Waals surface area contributed by atoms with Crippen LogP contribution in [-0.4, -0.2) is 41.3 Å². The van der Waals surface area contributed by atoms with Crippen LogP contribution in [0.25, 0.3) is 6.08 Å². The van der Waals surface area contributed by atoms with Crippen molar-refractivity contribution in [2.24, 2.45) is 5.73 Å². The number of benzene rings is 1. The zero-order chi connectivity index (χ0) is 17.4. The van der Waals surface area contributed by atoms with Crippen molar-refractivity contribution in [2.75, 3.05) is 7.11 Å². The average Bonchev–Trinajstić information content (AvgIpc) is 2.51. The fraction of sp³-hybridized carbons (Fsp3) is 0.267. The zero-order valence-electron chi connectivity index (χ0n) is 12.4. The number of hydrogen-bond donors (Lipinski definition) is 3. The lowest BCUT2D eigenvalue weighted by Gasteiger charge is -2.05. The van der Waals surface area contributed by atoms with Crippen LogP contribution in [0.15, 0.2) is 24.3 Å². The number of methoxy groups -OCH3 is 1. The second kappa shape index (κ2) is 8.54. The quantitative estimate of drug-likeness (QED) is 0.378. The first-order valence-electron chi connectivity index (χ1n) is 6.61. The van der Waals surface area contributed by atoms with Gasteiger partial charge in [-0.1, -0.05) is 6.07 Å². The molecular formula is C15H17NO7. The third-order valence-corrected chi connectivity index (χ3v) is 2.81. The van der Waals surface area contributed by atoms with Gasteiger partial charge < -0.3 is 25.4 Å². The topological polar surface area (TPSA) is 136 Å². The number of aliphatic carboxylic acids is 1. The smallest absolute Gasteiger partial charge is 0.338 e. The van der Waals surface area contributed by atoms with Crippen LogP contribution in [-0.2, 0) is 19.1 Å². The van der Waals surface area contributed by atoms with Crippen LogP contribution in [0.1, 0.15) is 18.4 Å². The number of phenols is 1. The molecule has 1 aromatic carbocycles. The summed E-state index contributed by atoms with van der Waals surface area (Å²) in [5.74, 6) is -2.80. The van der Waals surface area contributed by atoms with E-state index in [2.05, 4.69) is 4.74 Å². The van der Waals surface area contributed by atoms with Crippen molar-refractivity contribution in [2.45, 2.75) is 18.9 Å². The van der Waals surface area contributed by atoms with Crippen molar-refractivity contribution in [3.05, 3.63) is 29.8 Å². The number of rotatable bonds is 7. The molecule has 0 heterocycles. The summed E-state index contributed by atoms with van der Waals surface area (Å²) in [6.07, 6.45) is 2.00. The molecule has 8 heteroatoms. The van der Waals surface area contributed by atoms with Crippen molar-refractivity contribution in [1.82, 2.24) is 0 Å². The van der Waals surface area contributed by atoms with Gasteiger partial charge in [0.25, 0.3) is 0 Å². The molecule has 0 fully saturated rings. The summed E-state index contributed by atoms with van der Waals surface area (Å²) in [6.45, 7) is 0. The second-order valence-electron chi connectivity index (χ2n) is 4.54. The minimum Gasteiger partial charge on any atom is -0.504 e. The summed E-state index contributed by atoms with van der Waals surface area (Å²) >= 11 is 0. The summed E-state index contributed by atoms with van der Waals surface area (Å²) in [6, 6.07) is 3.24. The van der Waals surface area contributed by atoms with E-state index in [1.165, 1.54) is 31.4 Å². The maximum absolute atomic E-state index is 11.5. The van der Waals surface area contributed by atoms with Crippen LogP contribution < -0.4 is 10.5 Å². The Morgan fingerprint density at radius 3 is 2.65 bits per heavy atom. The molecule has 0 aliphatic heterocycles. The molecule has 124 valence electrons. The monoisotopic (exact) mass is 323 g/mol. The minimum atomic E-state index is -1.23. The Kier molecular flexibility index (Phi) is 6.75. The highest BCUT2D eigenvalue weighted by Gasteiger charge is 2.15. The van der Waals surface area contributed by atoms with E-state index in [1.54, 1.807) is 0 Å². The van der Waals surface area contributed by atoms with Crippen molar-refractivity contribution in [3.63, 3.8) is 0 Å². The summed E-state index contributed by atoms with van der Waals surface area (Å²) in [5, 5.41) is 18.0. The first-order chi connectivity index (χ1) is 10.8. The van der Waals surface area contributed by atoms with E-state index in [4.69, 9.17) is 15.6 Å². The molecular weight excluding hydrogens is 306 g/mol. The van der Waals surface area contributed by atoms with Gasteiger partial charge in [-0.15, -0.1) is 0 Å². The second-order valence-corrected chi connectivity index (χ2v) is 4.54. The van der Waals surface area contributed by atoms with Gasteiger partial charge in [-0.05, 0) is 30.2 Å². The van der Waals surface area contributed by atoms with Gasteiger partial charge in [0.2, 0.25) is 0 Å². The number of carbonyl (C=O) groups excluding carboxylic acids is 2. The van der Waals surface area contributed by atoms with E-state index in [9.17, 15) is 19.5 Å². The zero-order valence-corrected chi connectivity index (χ0v) is 12.4. The van der Waals surface area contributed by atoms with Crippen LogP contribution in [0.3, 0.4) is 0 Å². The van der Waals surface area contributed by atoms with Gasteiger partial charge in [0, 0.05) is 12.5 Å². The van der Waals surface area contributed by atoms with E-state index < -0.39 is 23.9 Å². The van der Waals surface area contributed by atoms with Gasteiger partial charge >= 0.3 is 17.9 Å². The maximum Gasteiger partial charge on any atom is 0.338 e. The number of ether oxygens (including phenoxy) is 2. The summed E-state index contributed by atoms with van der Waals surface area (Å²) in [4.78, 5) is 33.3. The number of hydrogen-bond acceptors (Lipinski definition) is 7. The van der Waals surface area contributed by atoms with E-state index in [1.807, 2.05) is 0 Å². The molecule has 0 amide bonds. The third-order valence-electron chi connectivity index (χ3n) is 2.81. The summed E-state index contributed by atoms with van der Waals surface area (Å²) in [7, 11) is 1.39. The molecule has 0 unspecified atom stereocenters. The molecule has 0 bridgehead atoms. The predicted octanol–water partition coefficient (Wildman–Crippen LogP) is 0.676. The normalized spacial score (nSPS) is 11.9. The van der Waals surface area contributed by atoms with E-state index in [0.717, 1.165) is 6.08 Å². The number of nitrogens with two attached hydrogens (primary N) is 1. The first-order valence-corrected chi connectivity index (χ1v) is 6.61. The molecule has 1 aromatic rings. The van der Waals surface area contributed by atoms with Crippen molar-refractivity contribution < 1.29 is 34.1 Å². The molecule has 23 heavy (non-hydrogen) atoms. The Hall–Kier alpha value is -2.87. The summed E-state index contributed by atoms with van der Waals surface area (Å²) < 4.78 is 9.41. The van der Waals surface area contributed by atoms with Crippen molar-refractivity contribution >= 4 is 24.0 Å². The minimum absolute atomic E-state index is 0.0443. The number of esters is 2. The van der Waals surface area contributed by atoms with Crippen LogP contribution in [0, 0.1) is 0 Å². The Balaban J connectivity index is 2.52. The average molecular weight is 323 g/mol. The SMILES string of the molecule is COc1cc(C=CC(=O)OC(=O)CC[C@H](N)C(=O)O)ccc1O. The van der Waals surface area contributed by atoms with Gasteiger partial charge in [-0.2, -0.15) is 0 Å². The molecule has 0 saturated carbocycles. The number of carbonyl (C=O) groups is 3. The maximum atomic E-state index is 11.5. The predicted molar refractivity (Wildman–Crippen MR) is 79.6 cm³/mol. The number of carboxylic acid groups (broad SMARTS) is 1. The number of aromatic hydroxyl groups is 1. The van der Waals surface area contributed by atoms with Crippen molar-refractivity contribution in [3.8, 4) is 11.5 Å². The fourth-order valence-corrected chi connectivity index (χ4v) is 1.56. The highest BCUT2D eigenvalue weighted by molar-refractivity contribution is 5.95. The van der Waals surface area contributed by atoms with Crippen LogP contribution in [0.4, 0.5) is 0 Å². The lowest BCUT2D eigenvalue weighted by atomic mass is 10.2. The lowest BCUT2D eigenvalue weighted by molar-refractivity contribution is -0.156. The Morgan fingerprint density at radius 1 is 1.35 bits per heavy atom. The largest absolute Gasteiger partial charge is 0.504 e. The van der Waals surface area contributed by atoms with E-state index in [-0.39, 0.29) is 24.3 Å². The number of carboxylic acids is 1. The molecule has 4 N–H and O–H groups in total. The Labute approximate surface area is 132 Å². The standard InChI is InChI=1S/C15H17NO7/c1-22-12-8-9(2-5-11(12)17)3-6-13(18)23-14(19)7-4-10(16)15(20)21/h2-3,5-6,8,10,17H,4,7,16H2,1H3,(H,20,21)/t10-/m0/s1. The van der Waals surface area contributed by atoms with Crippen LogP contribution in [0.2, 0.25) is 0 Å². The number of phenolic OH excluding ortho intramolecular Hbond substituents is 1. The first kappa shape index (κ1) is 18.2. The van der Waals surface area contributed by atoms with Gasteiger partial charge in [-0.25, -0.2) is 4.79 Å². The van der Waals surface area contributed by atoms with Crippen LogP contribution in [0.5, 0.6) is 11.5 Å². The van der Waals surface area contributed by atoms with Crippen molar-refractivity contribution in [1.29, 1.82) is 0 Å². The highest BCUT2D eigenvalue weighted by atomic mass is 16.6. The molecule has 0 aromatic heterocycles. The van der Waals surface area contributed by atoms with E-state index in [0.29, 0.717) is 5.56 Å². The molecule has 0 radical (unpaired) electrons. The lowest BCUT2D eigenvalue weighted by Crippen LogP contribution is -2.30. The molecule has 8 nitrogen and oxygen atoms in total. The van der Waals surface area contributed by atoms with E-state index >= 15 is 0 Å². The van der Waals surface area contributed by atoms with Gasteiger partial charge in [0.15, 0.2) is 11.5 Å². The highest BCUT2D eigenvalue weighted by Crippen LogP contribution is 2.26. The molecule has 0 spiro atoms. The molecule has 1 rings (SSSR count). The molecule has 0 aliphatic carbocycles. The summed E-state index contributed by atoms with van der Waals surface area (Å²) in [5.41, 5.74) is 5.78. The Bertz CT molecular complexity index is 624. The van der Waals surface area contributed by atoms with Gasteiger partial charge in [0.05, 0.1) is 7.11 Å². The molecule has 0 saturated heterocycles. The van der Waals surface area contributed by atoms with Crippen LogP contribution >= 0.6 is 0 Å².